The fraction of sp³-hybridized carbons (Fsp3) is 0.364. The third-order valence-corrected chi connectivity index (χ3v) is 7.99. The molecule has 0 bridgehead atoms. The number of benzene rings is 2. The lowest BCUT2D eigenvalue weighted by molar-refractivity contribution is 0.0752. The van der Waals surface area contributed by atoms with Crippen LogP contribution in [-0.2, 0) is 15.7 Å². The maximum atomic E-state index is 13.0. The van der Waals surface area contributed by atoms with E-state index in [-0.39, 0.29) is 6.04 Å². The molecule has 28 heavy (non-hydrogen) atoms. The molecule has 1 fully saturated rings. The van der Waals surface area contributed by atoms with Crippen molar-refractivity contribution in [3.63, 3.8) is 0 Å². The molecule has 2 aromatic rings. The van der Waals surface area contributed by atoms with Gasteiger partial charge < -0.3 is 10.1 Å². The summed E-state index contributed by atoms with van der Waals surface area (Å²) in [6, 6.07) is 15.2. The minimum Gasteiger partial charge on any atom is -0.379 e. The highest BCUT2D eigenvalue weighted by Crippen LogP contribution is 2.50. The van der Waals surface area contributed by atoms with Gasteiger partial charge in [0.2, 0.25) is 0 Å². The van der Waals surface area contributed by atoms with E-state index < -0.39 is 11.0 Å². The SMILES string of the molecule is O=S(c1ccc2c(c1)C1C=CCC1C(c1ccc(Br)cc1)N2)N1CCOCC1. The zero-order chi connectivity index (χ0) is 19.1. The van der Waals surface area contributed by atoms with Crippen LogP contribution in [0.3, 0.4) is 0 Å². The quantitative estimate of drug-likeness (QED) is 0.681. The molecular formula is C22H23BrN2O2S. The topological polar surface area (TPSA) is 41.6 Å². The maximum absolute atomic E-state index is 13.0. The third-order valence-electron chi connectivity index (χ3n) is 5.97. The molecule has 1 saturated heterocycles. The van der Waals surface area contributed by atoms with Crippen molar-refractivity contribution < 1.29 is 8.95 Å². The number of fused-ring (bicyclic) bond motifs is 3. The van der Waals surface area contributed by atoms with E-state index in [1.807, 2.05) is 10.4 Å². The maximum Gasteiger partial charge on any atom is 0.127 e. The van der Waals surface area contributed by atoms with Gasteiger partial charge in [-0.2, -0.15) is 0 Å². The molecule has 0 amide bonds. The number of hydrogen-bond acceptors (Lipinski definition) is 3. The average Bonchev–Trinajstić information content (AvgIpc) is 3.24. The van der Waals surface area contributed by atoms with Gasteiger partial charge >= 0.3 is 0 Å². The Balaban J connectivity index is 1.47. The smallest absolute Gasteiger partial charge is 0.127 e. The van der Waals surface area contributed by atoms with Crippen LogP contribution < -0.4 is 5.32 Å². The molecule has 4 nitrogen and oxygen atoms in total. The standard InChI is InChI=1S/C22H23BrN2O2S/c23-16-6-4-15(5-7-16)22-19-3-1-2-18(19)20-14-17(8-9-21(20)24-22)28(26)25-10-12-27-13-11-25/h1-2,4-9,14,18-19,22,24H,3,10-13H2. The van der Waals surface area contributed by atoms with Crippen molar-refractivity contribution in [2.75, 3.05) is 31.6 Å². The second kappa shape index (κ2) is 7.75. The van der Waals surface area contributed by atoms with Gasteiger partial charge in [-0.05, 0) is 53.8 Å². The van der Waals surface area contributed by atoms with Crippen molar-refractivity contribution >= 4 is 32.6 Å². The summed E-state index contributed by atoms with van der Waals surface area (Å²) in [6.45, 7) is 2.75. The van der Waals surface area contributed by atoms with E-state index in [9.17, 15) is 4.21 Å². The van der Waals surface area contributed by atoms with Crippen molar-refractivity contribution in [3.05, 3.63) is 70.2 Å². The molecule has 4 unspecified atom stereocenters. The molecule has 0 aromatic heterocycles. The summed E-state index contributed by atoms with van der Waals surface area (Å²) in [4.78, 5) is 0.892. The molecule has 4 atom stereocenters. The minimum absolute atomic E-state index is 0.288. The van der Waals surface area contributed by atoms with E-state index in [4.69, 9.17) is 4.74 Å². The summed E-state index contributed by atoms with van der Waals surface area (Å²) in [6.07, 6.45) is 5.69. The Morgan fingerprint density at radius 3 is 2.68 bits per heavy atom. The molecule has 5 rings (SSSR count). The van der Waals surface area contributed by atoms with E-state index in [2.05, 4.69) is 69.8 Å². The second-order valence-electron chi connectivity index (χ2n) is 7.57. The number of nitrogens with zero attached hydrogens (tertiary/aromatic N) is 1. The normalized spacial score (nSPS) is 27.7. The zero-order valence-corrected chi connectivity index (χ0v) is 17.9. The lowest BCUT2D eigenvalue weighted by Crippen LogP contribution is -2.37. The Kier molecular flexibility index (Phi) is 5.13. The van der Waals surface area contributed by atoms with Crippen LogP contribution in [0.1, 0.15) is 29.5 Å². The number of halogens is 1. The number of morpholine rings is 1. The number of anilines is 1. The summed E-state index contributed by atoms with van der Waals surface area (Å²) >= 11 is 3.53. The predicted molar refractivity (Wildman–Crippen MR) is 116 cm³/mol. The molecule has 2 aliphatic heterocycles. The molecule has 3 aliphatic rings. The number of hydrogen-bond donors (Lipinski definition) is 1. The van der Waals surface area contributed by atoms with Crippen molar-refractivity contribution in [1.82, 2.24) is 4.31 Å². The van der Waals surface area contributed by atoms with Crippen LogP contribution in [0.5, 0.6) is 0 Å². The molecule has 0 saturated carbocycles. The molecule has 1 aliphatic carbocycles. The molecule has 146 valence electrons. The first-order chi connectivity index (χ1) is 13.7. The van der Waals surface area contributed by atoms with Crippen LogP contribution in [0.4, 0.5) is 5.69 Å². The Hall–Kier alpha value is -1.47. The monoisotopic (exact) mass is 458 g/mol. The second-order valence-corrected chi connectivity index (χ2v) is 9.97. The van der Waals surface area contributed by atoms with Crippen LogP contribution in [0.2, 0.25) is 0 Å². The molecule has 2 heterocycles. The number of allylic oxidation sites excluding steroid dienone is 2. The summed E-state index contributed by atoms with van der Waals surface area (Å²) in [5, 5.41) is 3.76. The lowest BCUT2D eigenvalue weighted by Gasteiger charge is -2.38. The van der Waals surface area contributed by atoms with Crippen LogP contribution >= 0.6 is 15.9 Å². The highest BCUT2D eigenvalue weighted by atomic mass is 79.9. The van der Waals surface area contributed by atoms with Crippen LogP contribution in [0.25, 0.3) is 0 Å². The average molecular weight is 459 g/mol. The molecule has 1 N–H and O–H groups in total. The third kappa shape index (κ3) is 3.36. The van der Waals surface area contributed by atoms with Gasteiger partial charge in [0, 0.05) is 29.2 Å². The predicted octanol–water partition coefficient (Wildman–Crippen LogP) is 4.63. The van der Waals surface area contributed by atoms with E-state index >= 15 is 0 Å². The molecule has 0 spiro atoms. The molecule has 6 heteroatoms. The largest absolute Gasteiger partial charge is 0.379 e. The molecular weight excluding hydrogens is 436 g/mol. The first-order valence-electron chi connectivity index (χ1n) is 9.78. The van der Waals surface area contributed by atoms with Gasteiger partial charge in [0.25, 0.3) is 0 Å². The number of ether oxygens (including phenoxy) is 1. The van der Waals surface area contributed by atoms with Gasteiger partial charge in [-0.25, -0.2) is 8.51 Å². The van der Waals surface area contributed by atoms with Crippen molar-refractivity contribution in [3.8, 4) is 0 Å². The van der Waals surface area contributed by atoms with Crippen molar-refractivity contribution in [2.45, 2.75) is 23.3 Å². The van der Waals surface area contributed by atoms with Gasteiger partial charge in [0.05, 0.1) is 24.2 Å². The van der Waals surface area contributed by atoms with Crippen LogP contribution in [-0.4, -0.2) is 34.8 Å². The lowest BCUT2D eigenvalue weighted by atomic mass is 9.77. The number of rotatable bonds is 3. The molecule has 2 aromatic carbocycles. The van der Waals surface area contributed by atoms with E-state index in [0.29, 0.717) is 25.0 Å². The Morgan fingerprint density at radius 1 is 1.11 bits per heavy atom. The summed E-state index contributed by atoms with van der Waals surface area (Å²) in [5.74, 6) is 0.854. The van der Waals surface area contributed by atoms with Gasteiger partial charge in [0.1, 0.15) is 11.0 Å². The van der Waals surface area contributed by atoms with Gasteiger partial charge in [-0.15, -0.1) is 0 Å². The summed E-state index contributed by atoms with van der Waals surface area (Å²) in [7, 11) is -1.13. The summed E-state index contributed by atoms with van der Waals surface area (Å²) in [5.41, 5.74) is 3.74. The van der Waals surface area contributed by atoms with E-state index in [1.54, 1.807) is 0 Å². The first-order valence-corrected chi connectivity index (χ1v) is 11.7. The van der Waals surface area contributed by atoms with Crippen LogP contribution in [0.15, 0.2) is 64.0 Å². The fourth-order valence-corrected chi connectivity index (χ4v) is 6.00. The Bertz CT molecular complexity index is 925. The highest BCUT2D eigenvalue weighted by molar-refractivity contribution is 9.10. The molecule has 0 radical (unpaired) electrons. The fourth-order valence-electron chi connectivity index (χ4n) is 4.54. The number of nitrogens with one attached hydrogen (secondary N) is 1. The van der Waals surface area contributed by atoms with Gasteiger partial charge in [-0.1, -0.05) is 40.2 Å². The van der Waals surface area contributed by atoms with E-state index in [0.717, 1.165) is 34.6 Å². The van der Waals surface area contributed by atoms with Crippen molar-refractivity contribution in [2.24, 2.45) is 5.92 Å². The highest BCUT2D eigenvalue weighted by Gasteiger charge is 2.38. The Morgan fingerprint density at radius 2 is 1.89 bits per heavy atom. The first kappa shape index (κ1) is 18.6. The minimum atomic E-state index is -1.13. The van der Waals surface area contributed by atoms with E-state index in [1.165, 1.54) is 11.1 Å². The Labute approximate surface area is 176 Å². The summed E-state index contributed by atoms with van der Waals surface area (Å²) < 4.78 is 21.5. The van der Waals surface area contributed by atoms with Gasteiger partial charge in [0.15, 0.2) is 0 Å². The van der Waals surface area contributed by atoms with Gasteiger partial charge in [-0.3, -0.25) is 0 Å². The zero-order valence-electron chi connectivity index (χ0n) is 15.5. The van der Waals surface area contributed by atoms with Crippen molar-refractivity contribution in [1.29, 1.82) is 0 Å². The van der Waals surface area contributed by atoms with Crippen LogP contribution in [0, 0.1) is 5.92 Å².